The molecule has 2 aliphatic rings. The summed E-state index contributed by atoms with van der Waals surface area (Å²) in [5, 5.41) is 9.40. The number of hydrogen-bond acceptors (Lipinski definition) is 8. The van der Waals surface area contributed by atoms with Crippen LogP contribution in [0.1, 0.15) is 11.9 Å². The number of esters is 1. The second kappa shape index (κ2) is 7.67. The van der Waals surface area contributed by atoms with Crippen LogP contribution < -0.4 is 10.6 Å². The molecule has 0 bridgehead atoms. The van der Waals surface area contributed by atoms with E-state index in [2.05, 4.69) is 25.5 Å². The monoisotopic (exact) mass is 335 g/mol. The molecule has 1 fully saturated rings. The molecule has 124 valence electrons. The van der Waals surface area contributed by atoms with Gasteiger partial charge in [-0.1, -0.05) is 0 Å². The van der Waals surface area contributed by atoms with Crippen molar-refractivity contribution in [2.45, 2.75) is 6.92 Å². The van der Waals surface area contributed by atoms with Crippen molar-refractivity contribution in [3.05, 3.63) is 27.9 Å². The number of aliphatic imine (C=N–C) groups is 1. The minimum absolute atomic E-state index is 0.285. The minimum Gasteiger partial charge on any atom is -0.463 e. The Hall–Kier alpha value is -1.77. The highest BCUT2D eigenvalue weighted by Crippen LogP contribution is 2.16. The Bertz CT molecular complexity index is 605. The fraction of sp³-hybridized carbons (Fsp3) is 0.533. The number of ether oxygens (including phenoxy) is 1. The Morgan fingerprint density at radius 3 is 2.96 bits per heavy atom. The first-order chi connectivity index (χ1) is 11.3. The topological polar surface area (TPSA) is 78.9 Å². The molecule has 3 rings (SSSR count). The van der Waals surface area contributed by atoms with E-state index in [4.69, 9.17) is 4.74 Å². The lowest BCUT2D eigenvalue weighted by molar-refractivity contribution is -0.138. The van der Waals surface area contributed by atoms with Gasteiger partial charge < -0.3 is 15.4 Å². The van der Waals surface area contributed by atoms with Gasteiger partial charge in [0, 0.05) is 50.0 Å². The van der Waals surface area contributed by atoms with Gasteiger partial charge in [-0.25, -0.2) is 9.78 Å². The summed E-state index contributed by atoms with van der Waals surface area (Å²) in [4.78, 5) is 23.3. The van der Waals surface area contributed by atoms with Crippen LogP contribution in [-0.4, -0.2) is 67.6 Å². The van der Waals surface area contributed by atoms with Crippen LogP contribution in [-0.2, 0) is 9.53 Å². The molecule has 0 aliphatic carbocycles. The summed E-state index contributed by atoms with van der Waals surface area (Å²) >= 11 is 1.53. The second-order valence-corrected chi connectivity index (χ2v) is 6.23. The number of hydrogen-bond donors (Lipinski definition) is 2. The molecule has 1 aromatic rings. The highest BCUT2D eigenvalue weighted by atomic mass is 32.1. The predicted octanol–water partition coefficient (Wildman–Crippen LogP) is 0.215. The van der Waals surface area contributed by atoms with E-state index < -0.39 is 0 Å². The Morgan fingerprint density at radius 1 is 1.43 bits per heavy atom. The van der Waals surface area contributed by atoms with Crippen molar-refractivity contribution >= 4 is 23.1 Å². The zero-order valence-corrected chi connectivity index (χ0v) is 14.0. The van der Waals surface area contributed by atoms with E-state index in [1.165, 1.54) is 11.3 Å². The molecular formula is C15H21N5O2S. The van der Waals surface area contributed by atoms with Crippen molar-refractivity contribution in [3.63, 3.8) is 0 Å². The number of thiazole rings is 1. The summed E-state index contributed by atoms with van der Waals surface area (Å²) in [7, 11) is 0. The average molecular weight is 335 g/mol. The molecule has 0 unspecified atom stereocenters. The lowest BCUT2D eigenvalue weighted by Crippen LogP contribution is -2.46. The molecule has 1 saturated heterocycles. The Kier molecular flexibility index (Phi) is 5.37. The predicted molar refractivity (Wildman–Crippen MR) is 89.6 cm³/mol. The number of nitrogens with zero attached hydrogens (tertiary/aromatic N) is 3. The Labute approximate surface area is 139 Å². The molecule has 0 amide bonds. The first-order valence-electron chi connectivity index (χ1n) is 7.81. The van der Waals surface area contributed by atoms with Gasteiger partial charge in [-0.15, -0.1) is 11.3 Å². The van der Waals surface area contributed by atoms with Crippen LogP contribution in [0.5, 0.6) is 0 Å². The molecule has 7 nitrogen and oxygen atoms in total. The van der Waals surface area contributed by atoms with Crippen LogP contribution in [0.3, 0.4) is 0 Å². The van der Waals surface area contributed by atoms with E-state index in [1.54, 1.807) is 6.20 Å². The van der Waals surface area contributed by atoms with Crippen LogP contribution in [0, 0.1) is 0 Å². The van der Waals surface area contributed by atoms with Crippen molar-refractivity contribution < 1.29 is 9.53 Å². The van der Waals surface area contributed by atoms with Gasteiger partial charge in [0.05, 0.1) is 18.7 Å². The first-order valence-corrected chi connectivity index (χ1v) is 8.69. The summed E-state index contributed by atoms with van der Waals surface area (Å²) in [5.41, 5.74) is 1.50. The number of rotatable bonds is 5. The SMILES string of the molecule is CCOC(=O)C1=C(CN2CCNCC2)NC(c2nccs2)=NC1. The summed E-state index contributed by atoms with van der Waals surface area (Å²) in [6.07, 6.45) is 1.75. The fourth-order valence-electron chi connectivity index (χ4n) is 2.61. The van der Waals surface area contributed by atoms with Gasteiger partial charge in [-0.3, -0.25) is 9.89 Å². The van der Waals surface area contributed by atoms with Gasteiger partial charge in [-0.05, 0) is 6.92 Å². The summed E-state index contributed by atoms with van der Waals surface area (Å²) < 4.78 is 5.18. The van der Waals surface area contributed by atoms with E-state index in [-0.39, 0.29) is 5.97 Å². The van der Waals surface area contributed by atoms with Crippen LogP contribution in [0.25, 0.3) is 0 Å². The number of nitrogens with one attached hydrogen (secondary N) is 2. The van der Waals surface area contributed by atoms with E-state index in [0.29, 0.717) is 25.3 Å². The highest BCUT2D eigenvalue weighted by molar-refractivity contribution is 7.11. The molecule has 3 heterocycles. The maximum Gasteiger partial charge on any atom is 0.337 e. The lowest BCUT2D eigenvalue weighted by Gasteiger charge is -2.30. The average Bonchev–Trinajstić information content (AvgIpc) is 3.10. The summed E-state index contributed by atoms with van der Waals surface area (Å²) in [6, 6.07) is 0. The second-order valence-electron chi connectivity index (χ2n) is 5.33. The van der Waals surface area contributed by atoms with Crippen molar-refractivity contribution in [1.82, 2.24) is 20.5 Å². The highest BCUT2D eigenvalue weighted by Gasteiger charge is 2.25. The van der Waals surface area contributed by atoms with Gasteiger partial charge in [0.25, 0.3) is 0 Å². The third-order valence-electron chi connectivity index (χ3n) is 3.78. The first kappa shape index (κ1) is 16.1. The molecule has 0 radical (unpaired) electrons. The van der Waals surface area contributed by atoms with Gasteiger partial charge in [-0.2, -0.15) is 0 Å². The maximum atomic E-state index is 12.2. The third kappa shape index (κ3) is 3.95. The zero-order valence-electron chi connectivity index (χ0n) is 13.2. The van der Waals surface area contributed by atoms with E-state index in [0.717, 1.165) is 42.7 Å². The molecule has 8 heteroatoms. The molecule has 0 saturated carbocycles. The molecule has 2 aliphatic heterocycles. The van der Waals surface area contributed by atoms with Gasteiger partial charge >= 0.3 is 5.97 Å². The molecule has 1 aromatic heterocycles. The number of amidine groups is 1. The molecule has 23 heavy (non-hydrogen) atoms. The van der Waals surface area contributed by atoms with Crippen LogP contribution in [0.4, 0.5) is 0 Å². The summed E-state index contributed by atoms with van der Waals surface area (Å²) in [5.74, 6) is 0.449. The Balaban J connectivity index is 1.78. The maximum absolute atomic E-state index is 12.2. The van der Waals surface area contributed by atoms with Crippen LogP contribution >= 0.6 is 11.3 Å². The fourth-order valence-corrected chi connectivity index (χ4v) is 3.21. The Morgan fingerprint density at radius 2 is 2.26 bits per heavy atom. The largest absolute Gasteiger partial charge is 0.463 e. The number of piperazine rings is 1. The lowest BCUT2D eigenvalue weighted by atomic mass is 10.1. The van der Waals surface area contributed by atoms with Gasteiger partial charge in [0.2, 0.25) is 0 Å². The van der Waals surface area contributed by atoms with Crippen molar-refractivity contribution in [2.75, 3.05) is 45.9 Å². The van der Waals surface area contributed by atoms with E-state index >= 15 is 0 Å². The molecule has 0 spiro atoms. The van der Waals surface area contributed by atoms with Gasteiger partial charge in [0.15, 0.2) is 10.8 Å². The van der Waals surface area contributed by atoms with Crippen LogP contribution in [0.2, 0.25) is 0 Å². The van der Waals surface area contributed by atoms with Crippen molar-refractivity contribution in [2.24, 2.45) is 4.99 Å². The van der Waals surface area contributed by atoms with Crippen molar-refractivity contribution in [1.29, 1.82) is 0 Å². The van der Waals surface area contributed by atoms with Crippen molar-refractivity contribution in [3.8, 4) is 0 Å². The smallest absolute Gasteiger partial charge is 0.337 e. The van der Waals surface area contributed by atoms with Gasteiger partial charge in [0.1, 0.15) is 0 Å². The van der Waals surface area contributed by atoms with Crippen LogP contribution in [0.15, 0.2) is 27.8 Å². The van der Waals surface area contributed by atoms with E-state index in [9.17, 15) is 4.79 Å². The molecule has 2 N–H and O–H groups in total. The number of carbonyl (C=O) groups excluding carboxylic acids is 1. The molecular weight excluding hydrogens is 314 g/mol. The van der Waals surface area contributed by atoms with E-state index in [1.807, 2.05) is 12.3 Å². The quantitative estimate of drug-likeness (QED) is 0.749. The summed E-state index contributed by atoms with van der Waals surface area (Å²) in [6.45, 7) is 7.07. The molecule has 0 aromatic carbocycles. The normalized spacial score (nSPS) is 19.3. The zero-order chi connectivity index (χ0) is 16.1. The number of aromatic nitrogens is 1. The number of carbonyl (C=O) groups is 1. The minimum atomic E-state index is -0.285. The molecule has 0 atom stereocenters. The standard InChI is InChI=1S/C15H21N5O2S/c1-2-22-15(21)11-9-18-13(14-17-5-8-23-14)19-12(11)10-20-6-3-16-4-7-20/h5,8,16H,2-4,6-7,9-10H2,1H3,(H,18,19). The third-order valence-corrected chi connectivity index (χ3v) is 4.56.